The van der Waals surface area contributed by atoms with Crippen molar-refractivity contribution in [2.24, 2.45) is 0 Å². The highest BCUT2D eigenvalue weighted by Crippen LogP contribution is 2.43. The van der Waals surface area contributed by atoms with Gasteiger partial charge in [0.1, 0.15) is 19.3 Å². The van der Waals surface area contributed by atoms with Crippen LogP contribution in [0.1, 0.15) is 284 Å². The normalized spacial score (nSPS) is 14.3. The molecule has 2 N–H and O–H groups in total. The van der Waals surface area contributed by atoms with Crippen molar-refractivity contribution in [3.8, 4) is 0 Å². The number of unbranched alkanes of at least 4 members (excludes halogenated alkanes) is 27. The van der Waals surface area contributed by atoms with Crippen molar-refractivity contribution in [1.29, 1.82) is 0 Å². The van der Waals surface area contributed by atoms with Gasteiger partial charge in [0.2, 0.25) is 5.91 Å². The van der Waals surface area contributed by atoms with E-state index >= 15 is 0 Å². The number of carbonyl (C=O) groups is 2. The zero-order valence-electron chi connectivity index (χ0n) is 55.1. The molecule has 0 saturated heterocycles. The number of esters is 1. The molecule has 0 aromatic carbocycles. The second-order valence-corrected chi connectivity index (χ2v) is 25.4. The minimum Gasteiger partial charge on any atom is -0.456 e. The van der Waals surface area contributed by atoms with Crippen molar-refractivity contribution in [3.63, 3.8) is 0 Å². The molecule has 1 amide bonds. The Morgan fingerprint density at radius 1 is 0.429 bits per heavy atom. The van der Waals surface area contributed by atoms with Gasteiger partial charge in [-0.05, 0) is 122 Å². The maximum absolute atomic E-state index is 13.6. The Bertz CT molecular complexity index is 1850. The van der Waals surface area contributed by atoms with Gasteiger partial charge in [-0.15, -0.1) is 0 Å². The van der Waals surface area contributed by atoms with Gasteiger partial charge >= 0.3 is 13.8 Å². The first kappa shape index (κ1) is 80.4. The van der Waals surface area contributed by atoms with Gasteiger partial charge in [-0.1, -0.05) is 271 Å². The van der Waals surface area contributed by atoms with Gasteiger partial charge in [0.15, 0.2) is 0 Å². The molecule has 3 unspecified atom stereocenters. The number of quaternary nitrogens is 1. The highest BCUT2D eigenvalue weighted by molar-refractivity contribution is 7.47. The van der Waals surface area contributed by atoms with Crippen molar-refractivity contribution in [1.82, 2.24) is 5.32 Å². The first-order chi connectivity index (χ1) is 40.9. The van der Waals surface area contributed by atoms with Crippen LogP contribution in [0.25, 0.3) is 0 Å². The van der Waals surface area contributed by atoms with Crippen LogP contribution in [0.3, 0.4) is 0 Å². The largest absolute Gasteiger partial charge is 0.472 e. The summed E-state index contributed by atoms with van der Waals surface area (Å²) >= 11 is 0. The average Bonchev–Trinajstić information content (AvgIpc) is 3.64. The third-order valence-electron chi connectivity index (χ3n) is 14.6. The maximum atomic E-state index is 13.6. The van der Waals surface area contributed by atoms with Crippen molar-refractivity contribution in [2.45, 2.75) is 296 Å². The van der Waals surface area contributed by atoms with Gasteiger partial charge in [0.25, 0.3) is 0 Å². The smallest absolute Gasteiger partial charge is 0.456 e. The molecule has 0 aromatic heterocycles. The molecule has 9 nitrogen and oxygen atoms in total. The predicted octanol–water partition coefficient (Wildman–Crippen LogP) is 21.8. The van der Waals surface area contributed by atoms with Gasteiger partial charge < -0.3 is 19.4 Å². The van der Waals surface area contributed by atoms with Crippen LogP contribution in [0.5, 0.6) is 0 Å². The van der Waals surface area contributed by atoms with Crippen molar-refractivity contribution in [3.05, 3.63) is 122 Å². The number of nitrogens with zero attached hydrogens (tertiary/aromatic N) is 1. The molecule has 0 bridgehead atoms. The molecule has 84 heavy (non-hydrogen) atoms. The van der Waals surface area contributed by atoms with Crippen molar-refractivity contribution < 1.29 is 37.3 Å². The lowest BCUT2D eigenvalue weighted by atomic mass is 10.0. The maximum Gasteiger partial charge on any atom is 0.472 e. The Balaban J connectivity index is 5.20. The molecular weight excluding hydrogens is 1060 g/mol. The second kappa shape index (κ2) is 62.5. The van der Waals surface area contributed by atoms with Gasteiger partial charge in [-0.25, -0.2) is 4.57 Å². The van der Waals surface area contributed by atoms with E-state index in [1.54, 1.807) is 0 Å². The molecule has 0 saturated carbocycles. The predicted molar refractivity (Wildman–Crippen MR) is 364 cm³/mol. The lowest BCUT2D eigenvalue weighted by Gasteiger charge is -2.27. The fourth-order valence-electron chi connectivity index (χ4n) is 9.36. The standard InChI is InChI=1S/C74H129N2O7P/c1-7-10-13-16-19-22-25-28-30-32-34-36-38-40-42-44-46-48-51-54-57-60-63-66-73(77)75-71(70-82-84(79,80)81-69-68-76(4,5)6)72(65-62-59-56-53-50-27-24-21-18-15-12-9-3)83-74(78)67-64-61-58-55-52-49-47-45-43-41-39-37-35-33-31-29-26-23-20-17-14-11-8-2/h10,13,19-20,22-23,28-31,34-37,40,42,46,48,62,65,71-72H,7-9,11-12,14-18,21,24-27,32-33,38-39,41,43-45,47,49-61,63-64,66-70H2,1-6H3,(H-,75,77,79,80)/p+1/b13-10-,22-19-,23-20-,30-28-,31-29-,36-34-,37-35-,42-40-,48-46-,65-62+. The van der Waals surface area contributed by atoms with E-state index in [9.17, 15) is 19.0 Å². The number of allylic oxidation sites excluding steroid dienone is 19. The molecule has 0 heterocycles. The first-order valence-electron chi connectivity index (χ1n) is 34.4. The third kappa shape index (κ3) is 62.9. The van der Waals surface area contributed by atoms with E-state index in [4.69, 9.17) is 13.8 Å². The number of ether oxygens (including phenoxy) is 1. The van der Waals surface area contributed by atoms with Crippen LogP contribution < -0.4 is 5.32 Å². The van der Waals surface area contributed by atoms with Crippen LogP contribution in [-0.4, -0.2) is 74.3 Å². The van der Waals surface area contributed by atoms with E-state index in [2.05, 4.69) is 135 Å². The number of carbonyl (C=O) groups excluding carboxylic acids is 2. The molecule has 0 radical (unpaired) electrons. The fraction of sp³-hybridized carbons (Fsp3) is 0.703. The number of nitrogens with one attached hydrogen (secondary N) is 1. The summed E-state index contributed by atoms with van der Waals surface area (Å²) in [4.78, 5) is 37.9. The number of hydrogen-bond donors (Lipinski definition) is 2. The SMILES string of the molecule is CC/C=C\C/C=C\C/C=C\C/C=C\C/C=C\C/C=C\CCCCCCC(=O)NC(COP(=O)(O)OCC[N+](C)(C)C)C(/C=C/CCCCCCCCCCCC)OC(=O)CCCCCCCCCCCC/C=C\C/C=C\C/C=C\CCCCC. The van der Waals surface area contributed by atoms with Crippen LogP contribution in [0.15, 0.2) is 122 Å². The summed E-state index contributed by atoms with van der Waals surface area (Å²) in [5.74, 6) is -0.542. The molecule has 0 fully saturated rings. The van der Waals surface area contributed by atoms with Crippen LogP contribution in [0.4, 0.5) is 0 Å². The molecule has 0 spiro atoms. The van der Waals surface area contributed by atoms with Gasteiger partial charge in [-0.3, -0.25) is 18.6 Å². The zero-order chi connectivity index (χ0) is 61.4. The molecule has 0 aliphatic rings. The first-order valence-corrected chi connectivity index (χ1v) is 35.9. The fourth-order valence-corrected chi connectivity index (χ4v) is 10.1. The van der Waals surface area contributed by atoms with Crippen LogP contribution >= 0.6 is 7.82 Å². The van der Waals surface area contributed by atoms with Crippen LogP contribution in [0.2, 0.25) is 0 Å². The Morgan fingerprint density at radius 3 is 1.17 bits per heavy atom. The highest BCUT2D eigenvalue weighted by atomic mass is 31.2. The molecule has 0 aliphatic carbocycles. The minimum atomic E-state index is -4.47. The van der Waals surface area contributed by atoms with E-state index < -0.39 is 20.0 Å². The Hall–Kier alpha value is -3.59. The quantitative estimate of drug-likeness (QED) is 0.0205. The summed E-state index contributed by atoms with van der Waals surface area (Å²) in [6, 6.07) is -0.873. The van der Waals surface area contributed by atoms with Gasteiger partial charge in [0, 0.05) is 12.8 Å². The number of rotatable bonds is 61. The van der Waals surface area contributed by atoms with E-state index in [-0.39, 0.29) is 31.5 Å². The Morgan fingerprint density at radius 2 is 0.762 bits per heavy atom. The summed E-state index contributed by atoms with van der Waals surface area (Å²) < 4.78 is 30.8. The molecule has 0 aromatic rings. The second-order valence-electron chi connectivity index (χ2n) is 24.0. The molecule has 482 valence electrons. The molecular formula is C74H130N2O7P+. The molecule has 3 atom stereocenters. The number of hydrogen-bond acceptors (Lipinski definition) is 6. The topological polar surface area (TPSA) is 111 Å². The minimum absolute atomic E-state index is 0.0281. The van der Waals surface area contributed by atoms with Crippen molar-refractivity contribution in [2.75, 3.05) is 40.9 Å². The van der Waals surface area contributed by atoms with Crippen LogP contribution in [-0.2, 0) is 27.9 Å². The van der Waals surface area contributed by atoms with Gasteiger partial charge in [-0.2, -0.15) is 0 Å². The third-order valence-corrected chi connectivity index (χ3v) is 15.6. The Kier molecular flexibility index (Phi) is 59.8. The number of amides is 1. The van der Waals surface area contributed by atoms with Gasteiger partial charge in [0.05, 0.1) is 33.8 Å². The average molecular weight is 1190 g/mol. The highest BCUT2D eigenvalue weighted by Gasteiger charge is 2.30. The summed E-state index contributed by atoms with van der Waals surface area (Å²) in [5.41, 5.74) is 0. The Labute approximate surface area is 518 Å². The number of phosphoric acid groups is 1. The summed E-state index contributed by atoms with van der Waals surface area (Å²) in [6.45, 7) is 6.85. The zero-order valence-corrected chi connectivity index (χ0v) is 56.0. The van der Waals surface area contributed by atoms with Crippen LogP contribution in [0, 0.1) is 0 Å². The van der Waals surface area contributed by atoms with Crippen molar-refractivity contribution >= 4 is 19.7 Å². The summed E-state index contributed by atoms with van der Waals surface area (Å²) in [7, 11) is 1.46. The summed E-state index contributed by atoms with van der Waals surface area (Å²) in [5, 5.41) is 3.05. The summed E-state index contributed by atoms with van der Waals surface area (Å²) in [6.07, 6.45) is 87.7. The van der Waals surface area contributed by atoms with E-state index in [0.717, 1.165) is 128 Å². The monoisotopic (exact) mass is 1190 g/mol. The molecule has 0 rings (SSSR count). The molecule has 0 aliphatic heterocycles. The van der Waals surface area contributed by atoms with E-state index in [1.165, 1.54) is 116 Å². The lowest BCUT2D eigenvalue weighted by Crippen LogP contribution is -2.47. The van der Waals surface area contributed by atoms with E-state index in [1.807, 2.05) is 33.3 Å². The number of phosphoric ester groups is 1. The molecule has 10 heteroatoms. The lowest BCUT2D eigenvalue weighted by molar-refractivity contribution is -0.870. The number of likely N-dealkylation sites (N-methyl/N-ethyl adjacent to an activating group) is 1. The van der Waals surface area contributed by atoms with E-state index in [0.29, 0.717) is 23.9 Å².